The molecule has 1 atom stereocenters. The third-order valence-corrected chi connectivity index (χ3v) is 3.18. The summed E-state index contributed by atoms with van der Waals surface area (Å²) in [4.78, 5) is 0.0208. The second kappa shape index (κ2) is 4.28. The molecule has 0 amide bonds. The molecule has 15 heavy (non-hydrogen) atoms. The molecule has 0 unspecified atom stereocenters. The fraction of sp³-hybridized carbons (Fsp3) is 0.333. The van der Waals surface area contributed by atoms with Gasteiger partial charge in [0.15, 0.2) is 0 Å². The van der Waals surface area contributed by atoms with Crippen LogP contribution in [0, 0.1) is 6.92 Å². The highest BCUT2D eigenvalue weighted by Crippen LogP contribution is 2.19. The molecule has 0 heterocycles. The lowest BCUT2D eigenvalue weighted by Gasteiger charge is -2.10. The van der Waals surface area contributed by atoms with Gasteiger partial charge in [0.1, 0.15) is 0 Å². The van der Waals surface area contributed by atoms with Crippen LogP contribution in [0.3, 0.4) is 0 Å². The summed E-state index contributed by atoms with van der Waals surface area (Å²) in [5, 5.41) is 14.5. The van der Waals surface area contributed by atoms with Crippen LogP contribution >= 0.6 is 0 Å². The number of sulfonamides is 1. The Morgan fingerprint density at radius 1 is 1.47 bits per heavy atom. The predicted molar refractivity (Wildman–Crippen MR) is 56.6 cm³/mol. The van der Waals surface area contributed by atoms with Crippen LogP contribution in [0.5, 0.6) is 0 Å². The van der Waals surface area contributed by atoms with Crippen molar-refractivity contribution in [2.45, 2.75) is 17.9 Å². The van der Waals surface area contributed by atoms with Crippen LogP contribution in [-0.2, 0) is 10.0 Å². The van der Waals surface area contributed by atoms with Gasteiger partial charge in [0, 0.05) is 6.54 Å². The van der Waals surface area contributed by atoms with Gasteiger partial charge < -0.3 is 10.8 Å². The first-order valence-corrected chi connectivity index (χ1v) is 5.92. The average molecular weight is 230 g/mol. The molecule has 5 nitrogen and oxygen atoms in total. The second-order valence-corrected chi connectivity index (χ2v) is 4.85. The number of aliphatic hydroxyl groups is 1. The van der Waals surface area contributed by atoms with E-state index in [4.69, 9.17) is 10.9 Å². The van der Waals surface area contributed by atoms with E-state index in [9.17, 15) is 13.5 Å². The first kappa shape index (κ1) is 12.1. The van der Waals surface area contributed by atoms with E-state index in [1.807, 2.05) is 0 Å². The Morgan fingerprint density at radius 2 is 2.07 bits per heavy atom. The highest BCUT2D eigenvalue weighted by Gasteiger charge is 2.14. The molecule has 0 spiro atoms. The van der Waals surface area contributed by atoms with Crippen molar-refractivity contribution in [3.8, 4) is 0 Å². The SMILES string of the molecule is Cc1ccc([C@H](O)CN)cc1S(N)(=O)=O. The van der Waals surface area contributed by atoms with Crippen molar-refractivity contribution < 1.29 is 13.5 Å². The van der Waals surface area contributed by atoms with Gasteiger partial charge in [-0.05, 0) is 24.1 Å². The third kappa shape index (κ3) is 2.75. The van der Waals surface area contributed by atoms with Crippen LogP contribution in [-0.4, -0.2) is 20.1 Å². The standard InChI is InChI=1S/C9H14N2O3S/c1-6-2-3-7(8(12)5-10)4-9(6)15(11,13)14/h2-4,8,12H,5,10H2,1H3,(H2,11,13,14)/t8-/m1/s1. The van der Waals surface area contributed by atoms with Crippen molar-refractivity contribution >= 4 is 10.0 Å². The number of primary sulfonamides is 1. The number of benzene rings is 1. The lowest BCUT2D eigenvalue weighted by molar-refractivity contribution is 0.186. The van der Waals surface area contributed by atoms with Crippen molar-refractivity contribution in [1.82, 2.24) is 0 Å². The van der Waals surface area contributed by atoms with Crippen LogP contribution in [0.4, 0.5) is 0 Å². The zero-order valence-electron chi connectivity index (χ0n) is 8.34. The number of hydrogen-bond acceptors (Lipinski definition) is 4. The van der Waals surface area contributed by atoms with Gasteiger partial charge in [-0.2, -0.15) is 0 Å². The lowest BCUT2D eigenvalue weighted by atomic mass is 10.1. The zero-order valence-corrected chi connectivity index (χ0v) is 9.16. The topological polar surface area (TPSA) is 106 Å². The molecule has 1 aromatic rings. The largest absolute Gasteiger partial charge is 0.387 e. The number of aliphatic hydroxyl groups excluding tert-OH is 1. The van der Waals surface area contributed by atoms with Gasteiger partial charge in [-0.1, -0.05) is 12.1 Å². The minimum Gasteiger partial charge on any atom is -0.387 e. The summed E-state index contributed by atoms with van der Waals surface area (Å²) in [6, 6.07) is 4.57. The number of hydrogen-bond donors (Lipinski definition) is 3. The van der Waals surface area contributed by atoms with Gasteiger partial charge in [0.25, 0.3) is 0 Å². The molecule has 0 aliphatic heterocycles. The molecule has 0 radical (unpaired) electrons. The normalized spacial score (nSPS) is 13.9. The smallest absolute Gasteiger partial charge is 0.238 e. The molecular formula is C9H14N2O3S. The summed E-state index contributed by atoms with van der Waals surface area (Å²) in [6.07, 6.45) is -0.869. The summed E-state index contributed by atoms with van der Waals surface area (Å²) < 4.78 is 22.4. The highest BCUT2D eigenvalue weighted by atomic mass is 32.2. The van der Waals surface area contributed by atoms with Crippen molar-refractivity contribution in [1.29, 1.82) is 0 Å². The maximum Gasteiger partial charge on any atom is 0.238 e. The van der Waals surface area contributed by atoms with E-state index in [-0.39, 0.29) is 11.4 Å². The van der Waals surface area contributed by atoms with Gasteiger partial charge in [-0.15, -0.1) is 0 Å². The third-order valence-electron chi connectivity index (χ3n) is 2.13. The Kier molecular flexibility index (Phi) is 3.46. The van der Waals surface area contributed by atoms with Crippen molar-refractivity contribution in [2.24, 2.45) is 10.9 Å². The Bertz CT molecular complexity index is 456. The van der Waals surface area contributed by atoms with Gasteiger partial charge >= 0.3 is 0 Å². The molecule has 1 aromatic carbocycles. The number of nitrogens with two attached hydrogens (primary N) is 2. The molecule has 5 N–H and O–H groups in total. The van der Waals surface area contributed by atoms with E-state index >= 15 is 0 Å². The van der Waals surface area contributed by atoms with E-state index in [1.165, 1.54) is 6.07 Å². The molecule has 84 valence electrons. The maximum absolute atomic E-state index is 11.2. The number of rotatable bonds is 3. The van der Waals surface area contributed by atoms with Gasteiger partial charge in [0.2, 0.25) is 10.0 Å². The summed E-state index contributed by atoms with van der Waals surface area (Å²) in [5.41, 5.74) is 6.27. The minimum atomic E-state index is -3.75. The molecular weight excluding hydrogens is 216 g/mol. The van der Waals surface area contributed by atoms with E-state index < -0.39 is 16.1 Å². The first-order valence-electron chi connectivity index (χ1n) is 4.37. The molecule has 0 aliphatic rings. The van der Waals surface area contributed by atoms with E-state index in [1.54, 1.807) is 19.1 Å². The molecule has 0 fully saturated rings. The zero-order chi connectivity index (χ0) is 11.6. The predicted octanol–water partition coefficient (Wildman–Crippen LogP) is -0.365. The van der Waals surface area contributed by atoms with E-state index in [0.717, 1.165) is 0 Å². The first-order chi connectivity index (χ1) is 6.86. The van der Waals surface area contributed by atoms with Crippen molar-refractivity contribution in [3.63, 3.8) is 0 Å². The van der Waals surface area contributed by atoms with Crippen LogP contribution < -0.4 is 10.9 Å². The molecule has 0 saturated heterocycles. The minimum absolute atomic E-state index is 0.0208. The maximum atomic E-state index is 11.2. The number of aryl methyl sites for hydroxylation is 1. The Labute approximate surface area is 88.8 Å². The quantitative estimate of drug-likeness (QED) is 0.658. The fourth-order valence-corrected chi connectivity index (χ4v) is 2.08. The van der Waals surface area contributed by atoms with E-state index in [2.05, 4.69) is 0 Å². The summed E-state index contributed by atoms with van der Waals surface area (Å²) in [7, 11) is -3.75. The molecule has 0 aromatic heterocycles. The van der Waals surface area contributed by atoms with E-state index in [0.29, 0.717) is 11.1 Å². The van der Waals surface area contributed by atoms with Gasteiger partial charge in [-0.25, -0.2) is 13.6 Å². The van der Waals surface area contributed by atoms with Gasteiger partial charge in [0.05, 0.1) is 11.0 Å². The fourth-order valence-electron chi connectivity index (χ4n) is 1.27. The monoisotopic (exact) mass is 230 g/mol. The highest BCUT2D eigenvalue weighted by molar-refractivity contribution is 7.89. The second-order valence-electron chi connectivity index (χ2n) is 3.32. The molecule has 1 rings (SSSR count). The molecule has 0 aliphatic carbocycles. The Hall–Kier alpha value is -0.950. The van der Waals surface area contributed by atoms with Crippen molar-refractivity contribution in [3.05, 3.63) is 29.3 Å². The molecule has 0 saturated carbocycles. The lowest BCUT2D eigenvalue weighted by Crippen LogP contribution is -2.16. The summed E-state index contributed by atoms with van der Waals surface area (Å²) in [5.74, 6) is 0. The molecule has 0 bridgehead atoms. The van der Waals surface area contributed by atoms with Crippen LogP contribution in [0.2, 0.25) is 0 Å². The average Bonchev–Trinajstić information content (AvgIpc) is 2.15. The van der Waals surface area contributed by atoms with Crippen LogP contribution in [0.25, 0.3) is 0 Å². The molecule has 6 heteroatoms. The summed E-state index contributed by atoms with van der Waals surface area (Å²) in [6.45, 7) is 1.67. The van der Waals surface area contributed by atoms with Crippen molar-refractivity contribution in [2.75, 3.05) is 6.54 Å². The Balaban J connectivity index is 3.29. The van der Waals surface area contributed by atoms with Gasteiger partial charge in [-0.3, -0.25) is 0 Å². The van der Waals surface area contributed by atoms with Crippen LogP contribution in [0.15, 0.2) is 23.1 Å². The summed E-state index contributed by atoms with van der Waals surface area (Å²) >= 11 is 0. The van der Waals surface area contributed by atoms with Crippen LogP contribution in [0.1, 0.15) is 17.2 Å². The Morgan fingerprint density at radius 3 is 2.53 bits per heavy atom.